The van der Waals surface area contributed by atoms with E-state index >= 15 is 0 Å². The molecule has 0 aliphatic rings. The number of nitrogens with one attached hydrogen (secondary N) is 1. The zero-order valence-electron chi connectivity index (χ0n) is 13.5. The molecule has 0 atom stereocenters. The number of unbranched alkanes of at least 4 members (excludes halogenated alkanes) is 11. The molecule has 0 fully saturated rings. The van der Waals surface area contributed by atoms with Crippen molar-refractivity contribution >= 4 is 0 Å². The Labute approximate surface area is 121 Å². The molecule has 0 aliphatic carbocycles. The fourth-order valence-corrected chi connectivity index (χ4v) is 2.28. The van der Waals surface area contributed by atoms with E-state index in [4.69, 9.17) is 4.84 Å². The highest BCUT2D eigenvalue weighted by atomic mass is 16.6. The number of hydrogen-bond acceptors (Lipinski definition) is 2. The number of rotatable bonds is 16. The van der Waals surface area contributed by atoms with Crippen molar-refractivity contribution in [3.05, 3.63) is 0 Å². The lowest BCUT2D eigenvalue weighted by Crippen LogP contribution is -2.16. The highest BCUT2D eigenvalue weighted by Crippen LogP contribution is 2.11. The van der Waals surface area contributed by atoms with Gasteiger partial charge in [-0.05, 0) is 12.8 Å². The van der Waals surface area contributed by atoms with Crippen molar-refractivity contribution in [2.45, 2.75) is 97.3 Å². The fourth-order valence-electron chi connectivity index (χ4n) is 2.28. The highest BCUT2D eigenvalue weighted by molar-refractivity contribution is 4.48. The second-order valence-corrected chi connectivity index (χ2v) is 5.63. The van der Waals surface area contributed by atoms with Gasteiger partial charge in [0.15, 0.2) is 0 Å². The molecule has 116 valence electrons. The molecular formula is C17H37NO. The lowest BCUT2D eigenvalue weighted by atomic mass is 10.1. The molecule has 0 unspecified atom stereocenters. The van der Waals surface area contributed by atoms with Gasteiger partial charge >= 0.3 is 0 Å². The van der Waals surface area contributed by atoms with Gasteiger partial charge in [0.05, 0.1) is 6.61 Å². The Morgan fingerprint density at radius 1 is 0.579 bits per heavy atom. The first-order valence-corrected chi connectivity index (χ1v) is 8.76. The van der Waals surface area contributed by atoms with Gasteiger partial charge in [-0.15, -0.1) is 0 Å². The molecule has 0 aliphatic heterocycles. The third-order valence-corrected chi connectivity index (χ3v) is 3.54. The maximum Gasteiger partial charge on any atom is 0.0679 e. The molecule has 2 heteroatoms. The lowest BCUT2D eigenvalue weighted by Gasteiger charge is -2.04. The molecule has 0 amide bonds. The molecule has 0 heterocycles. The van der Waals surface area contributed by atoms with E-state index in [0.717, 1.165) is 19.6 Å². The summed E-state index contributed by atoms with van der Waals surface area (Å²) in [6.07, 6.45) is 18.0. The van der Waals surface area contributed by atoms with Crippen molar-refractivity contribution in [3.8, 4) is 0 Å². The van der Waals surface area contributed by atoms with E-state index in [2.05, 4.69) is 19.3 Å². The van der Waals surface area contributed by atoms with Gasteiger partial charge < -0.3 is 4.84 Å². The summed E-state index contributed by atoms with van der Waals surface area (Å²) in [5.41, 5.74) is 3.02. The molecule has 0 radical (unpaired) electrons. The van der Waals surface area contributed by atoms with Crippen molar-refractivity contribution in [1.29, 1.82) is 0 Å². The Balaban J connectivity index is 2.88. The number of hydroxylamine groups is 1. The minimum Gasteiger partial charge on any atom is -0.302 e. The van der Waals surface area contributed by atoms with Crippen LogP contribution in [0.4, 0.5) is 0 Å². The molecule has 0 spiro atoms. The van der Waals surface area contributed by atoms with Gasteiger partial charge in [0.2, 0.25) is 0 Å². The molecule has 19 heavy (non-hydrogen) atoms. The summed E-state index contributed by atoms with van der Waals surface area (Å²) in [5, 5.41) is 0. The second kappa shape index (κ2) is 17.9. The highest BCUT2D eigenvalue weighted by Gasteiger charge is 1.93. The first kappa shape index (κ1) is 18.9. The third kappa shape index (κ3) is 17.9. The van der Waals surface area contributed by atoms with Crippen LogP contribution in [0, 0.1) is 0 Å². The SMILES string of the molecule is CCCCCCCCCCCCCCNOCCC. The van der Waals surface area contributed by atoms with Crippen LogP contribution in [0.5, 0.6) is 0 Å². The molecule has 0 aromatic heterocycles. The van der Waals surface area contributed by atoms with Gasteiger partial charge in [-0.3, -0.25) is 0 Å². The zero-order valence-corrected chi connectivity index (χ0v) is 13.5. The van der Waals surface area contributed by atoms with Crippen LogP contribution >= 0.6 is 0 Å². The van der Waals surface area contributed by atoms with Crippen molar-refractivity contribution in [2.24, 2.45) is 0 Å². The second-order valence-electron chi connectivity index (χ2n) is 5.63. The summed E-state index contributed by atoms with van der Waals surface area (Å²) in [4.78, 5) is 5.23. The molecule has 0 bridgehead atoms. The monoisotopic (exact) mass is 271 g/mol. The van der Waals surface area contributed by atoms with Crippen molar-refractivity contribution in [3.63, 3.8) is 0 Å². The zero-order chi connectivity index (χ0) is 14.0. The summed E-state index contributed by atoms with van der Waals surface area (Å²) in [7, 11) is 0. The Hall–Kier alpha value is -0.0800. The van der Waals surface area contributed by atoms with E-state index in [-0.39, 0.29) is 0 Å². The maximum absolute atomic E-state index is 5.23. The van der Waals surface area contributed by atoms with Crippen molar-refractivity contribution < 1.29 is 4.84 Å². The van der Waals surface area contributed by atoms with E-state index in [1.54, 1.807) is 0 Å². The average Bonchev–Trinajstić information content (AvgIpc) is 2.43. The predicted octanol–water partition coefficient (Wildman–Crippen LogP) is 5.62. The van der Waals surface area contributed by atoms with Gasteiger partial charge in [0, 0.05) is 6.54 Å². The summed E-state index contributed by atoms with van der Waals surface area (Å²) < 4.78 is 0. The molecule has 0 aromatic rings. The quantitative estimate of drug-likeness (QED) is 0.290. The van der Waals surface area contributed by atoms with Crippen LogP contribution in [0.2, 0.25) is 0 Å². The Kier molecular flexibility index (Phi) is 17.8. The van der Waals surface area contributed by atoms with Crippen molar-refractivity contribution in [2.75, 3.05) is 13.2 Å². The molecule has 0 saturated heterocycles. The Bertz CT molecular complexity index is 134. The van der Waals surface area contributed by atoms with Crippen LogP contribution < -0.4 is 5.48 Å². The fraction of sp³-hybridized carbons (Fsp3) is 1.00. The van der Waals surface area contributed by atoms with Gasteiger partial charge in [-0.2, -0.15) is 0 Å². The van der Waals surface area contributed by atoms with Gasteiger partial charge in [-0.1, -0.05) is 84.5 Å². The van der Waals surface area contributed by atoms with Gasteiger partial charge in [-0.25, -0.2) is 5.48 Å². The topological polar surface area (TPSA) is 21.3 Å². The largest absolute Gasteiger partial charge is 0.302 e. The normalized spacial score (nSPS) is 11.1. The van der Waals surface area contributed by atoms with Crippen LogP contribution in [-0.4, -0.2) is 13.2 Å². The summed E-state index contributed by atoms with van der Waals surface area (Å²) in [5.74, 6) is 0. The standard InChI is InChI=1S/C17H37NO/c1-3-5-6-7-8-9-10-11-12-13-14-15-16-18-19-17-4-2/h18H,3-17H2,1-2H3. The molecular weight excluding hydrogens is 234 g/mol. The summed E-state index contributed by atoms with van der Waals surface area (Å²) in [6, 6.07) is 0. The van der Waals surface area contributed by atoms with E-state index in [1.807, 2.05) is 0 Å². The van der Waals surface area contributed by atoms with Crippen LogP contribution in [0.15, 0.2) is 0 Å². The maximum atomic E-state index is 5.23. The lowest BCUT2D eigenvalue weighted by molar-refractivity contribution is 0.0407. The van der Waals surface area contributed by atoms with Crippen LogP contribution in [0.3, 0.4) is 0 Å². The smallest absolute Gasteiger partial charge is 0.0679 e. The predicted molar refractivity (Wildman–Crippen MR) is 85.3 cm³/mol. The van der Waals surface area contributed by atoms with Gasteiger partial charge in [0.25, 0.3) is 0 Å². The molecule has 2 nitrogen and oxygen atoms in total. The Morgan fingerprint density at radius 3 is 1.53 bits per heavy atom. The van der Waals surface area contributed by atoms with Crippen molar-refractivity contribution in [1.82, 2.24) is 5.48 Å². The van der Waals surface area contributed by atoms with Crippen LogP contribution in [0.25, 0.3) is 0 Å². The van der Waals surface area contributed by atoms with E-state index in [9.17, 15) is 0 Å². The molecule has 0 aromatic carbocycles. The summed E-state index contributed by atoms with van der Waals surface area (Å²) >= 11 is 0. The van der Waals surface area contributed by atoms with Gasteiger partial charge in [0.1, 0.15) is 0 Å². The molecule has 0 rings (SSSR count). The Morgan fingerprint density at radius 2 is 1.05 bits per heavy atom. The first-order chi connectivity index (χ1) is 9.41. The minimum absolute atomic E-state index is 0.832. The summed E-state index contributed by atoms with van der Waals surface area (Å²) in [6.45, 7) is 6.26. The van der Waals surface area contributed by atoms with E-state index < -0.39 is 0 Å². The number of hydrogen-bond donors (Lipinski definition) is 1. The molecule has 1 N–H and O–H groups in total. The average molecular weight is 271 g/mol. The first-order valence-electron chi connectivity index (χ1n) is 8.76. The van der Waals surface area contributed by atoms with E-state index in [0.29, 0.717) is 0 Å². The third-order valence-electron chi connectivity index (χ3n) is 3.54. The molecule has 0 saturated carbocycles. The van der Waals surface area contributed by atoms with Crippen LogP contribution in [-0.2, 0) is 4.84 Å². The minimum atomic E-state index is 0.832. The van der Waals surface area contributed by atoms with E-state index in [1.165, 1.54) is 77.0 Å². The van der Waals surface area contributed by atoms with Crippen LogP contribution in [0.1, 0.15) is 97.3 Å².